The molecule has 4 heteroatoms. The average Bonchev–Trinajstić information content (AvgIpc) is 2.14. The van der Waals surface area contributed by atoms with Crippen LogP contribution in [-0.4, -0.2) is 29.8 Å². The highest BCUT2D eigenvalue weighted by Crippen LogP contribution is 2.28. The molecule has 1 saturated carbocycles. The van der Waals surface area contributed by atoms with Crippen LogP contribution in [0.4, 0.5) is 0 Å². The van der Waals surface area contributed by atoms with E-state index in [1.807, 2.05) is 0 Å². The first-order valence-electron chi connectivity index (χ1n) is 5.34. The maximum atomic E-state index is 11.4. The molecule has 2 N–H and O–H groups in total. The van der Waals surface area contributed by atoms with Crippen LogP contribution >= 0.6 is 0 Å². The van der Waals surface area contributed by atoms with Gasteiger partial charge in [0.1, 0.15) is 0 Å². The second-order valence-corrected chi connectivity index (χ2v) is 7.24. The van der Waals surface area contributed by atoms with Gasteiger partial charge >= 0.3 is 0 Å². The van der Waals surface area contributed by atoms with Crippen molar-refractivity contribution in [2.75, 3.05) is 25.6 Å². The zero-order chi connectivity index (χ0) is 10.6. The van der Waals surface area contributed by atoms with Crippen LogP contribution in [0.5, 0.6) is 0 Å². The topological polar surface area (TPSA) is 55.5 Å². The van der Waals surface area contributed by atoms with Crippen LogP contribution < -0.4 is 5.73 Å². The molecule has 1 aliphatic rings. The van der Waals surface area contributed by atoms with Crippen LogP contribution in [0.1, 0.15) is 25.7 Å². The molecule has 1 fully saturated rings. The molecular formula is C10H22N2OS. The van der Waals surface area contributed by atoms with Crippen LogP contribution in [0.15, 0.2) is 4.36 Å². The van der Waals surface area contributed by atoms with E-state index in [4.69, 9.17) is 5.73 Å². The molecule has 0 aromatic heterocycles. The monoisotopic (exact) mass is 218 g/mol. The Bertz CT molecular complexity index is 266. The summed E-state index contributed by atoms with van der Waals surface area (Å²) >= 11 is 0. The largest absolute Gasteiger partial charge is 0.330 e. The van der Waals surface area contributed by atoms with E-state index < -0.39 is 9.73 Å². The lowest BCUT2D eigenvalue weighted by atomic mass is 9.82. The fraction of sp³-hybridized carbons (Fsp3) is 1.00. The van der Waals surface area contributed by atoms with E-state index >= 15 is 0 Å². The molecule has 0 aromatic rings. The summed E-state index contributed by atoms with van der Waals surface area (Å²) in [6.07, 6.45) is 8.29. The molecule has 0 aromatic carbocycles. The van der Waals surface area contributed by atoms with Gasteiger partial charge in [0.05, 0.1) is 6.54 Å². The van der Waals surface area contributed by atoms with E-state index in [1.165, 1.54) is 25.7 Å². The van der Waals surface area contributed by atoms with Crippen molar-refractivity contribution in [3.63, 3.8) is 0 Å². The van der Waals surface area contributed by atoms with E-state index in [9.17, 15) is 4.21 Å². The Morgan fingerprint density at radius 3 is 2.14 bits per heavy atom. The number of nitrogens with two attached hydrogens (primary N) is 1. The van der Waals surface area contributed by atoms with Gasteiger partial charge in [0.2, 0.25) is 0 Å². The van der Waals surface area contributed by atoms with Gasteiger partial charge in [0.15, 0.2) is 0 Å². The van der Waals surface area contributed by atoms with Crippen molar-refractivity contribution in [3.8, 4) is 0 Å². The summed E-state index contributed by atoms with van der Waals surface area (Å²) in [5.41, 5.74) is 5.62. The van der Waals surface area contributed by atoms with Crippen molar-refractivity contribution in [1.82, 2.24) is 0 Å². The first kappa shape index (κ1) is 12.0. The van der Waals surface area contributed by atoms with Crippen molar-refractivity contribution < 1.29 is 4.21 Å². The molecule has 0 bridgehead atoms. The zero-order valence-electron chi connectivity index (χ0n) is 9.24. The van der Waals surface area contributed by atoms with Gasteiger partial charge in [-0.2, -0.15) is 0 Å². The highest BCUT2D eigenvalue weighted by atomic mass is 32.2. The first-order valence-corrected chi connectivity index (χ1v) is 7.67. The molecule has 14 heavy (non-hydrogen) atoms. The number of hydrogen-bond donors (Lipinski definition) is 1. The quantitative estimate of drug-likeness (QED) is 0.780. The van der Waals surface area contributed by atoms with E-state index in [0.29, 0.717) is 5.92 Å². The molecule has 0 unspecified atom stereocenters. The molecule has 0 saturated heterocycles. The highest BCUT2D eigenvalue weighted by Gasteiger charge is 2.19. The molecule has 3 nitrogen and oxygen atoms in total. The van der Waals surface area contributed by atoms with Crippen LogP contribution in [0.2, 0.25) is 0 Å². The Morgan fingerprint density at radius 2 is 1.71 bits per heavy atom. The maximum absolute atomic E-state index is 11.4. The van der Waals surface area contributed by atoms with E-state index in [2.05, 4.69) is 4.36 Å². The first-order chi connectivity index (χ1) is 6.51. The highest BCUT2D eigenvalue weighted by molar-refractivity contribution is 7.92. The van der Waals surface area contributed by atoms with Crippen LogP contribution in [0.3, 0.4) is 0 Å². The lowest BCUT2D eigenvalue weighted by Gasteiger charge is -2.26. The summed E-state index contributed by atoms with van der Waals surface area (Å²) in [6.45, 7) is 1.60. The van der Waals surface area contributed by atoms with Crippen LogP contribution in [0.25, 0.3) is 0 Å². The molecule has 84 valence electrons. The van der Waals surface area contributed by atoms with Gasteiger partial charge in [-0.25, -0.2) is 4.36 Å². The molecule has 0 atom stereocenters. The molecular weight excluding hydrogens is 196 g/mol. The summed E-state index contributed by atoms with van der Waals surface area (Å²) in [5, 5.41) is 0. The van der Waals surface area contributed by atoms with Crippen LogP contribution in [0, 0.1) is 11.8 Å². The lowest BCUT2D eigenvalue weighted by Crippen LogP contribution is -2.22. The van der Waals surface area contributed by atoms with Crippen molar-refractivity contribution >= 4 is 9.73 Å². The molecule has 1 aliphatic carbocycles. The van der Waals surface area contributed by atoms with Crippen LogP contribution in [-0.2, 0) is 9.73 Å². The third kappa shape index (κ3) is 4.42. The Kier molecular flexibility index (Phi) is 4.38. The molecule has 0 radical (unpaired) electrons. The van der Waals surface area contributed by atoms with Crippen molar-refractivity contribution in [3.05, 3.63) is 0 Å². The second-order valence-electron chi connectivity index (χ2n) is 4.62. The van der Waals surface area contributed by atoms with Gasteiger partial charge in [0, 0.05) is 22.2 Å². The van der Waals surface area contributed by atoms with Crippen molar-refractivity contribution in [2.24, 2.45) is 21.9 Å². The van der Waals surface area contributed by atoms with E-state index in [-0.39, 0.29) is 0 Å². The number of rotatable bonds is 3. The van der Waals surface area contributed by atoms with Crippen molar-refractivity contribution in [2.45, 2.75) is 25.7 Å². The van der Waals surface area contributed by atoms with E-state index in [1.54, 1.807) is 12.5 Å². The number of hydrogen-bond acceptors (Lipinski definition) is 3. The normalized spacial score (nSPS) is 28.8. The Balaban J connectivity index is 2.33. The Hall–Kier alpha value is -0.0900. The molecule has 0 spiro atoms. The maximum Gasteiger partial charge on any atom is 0.0512 e. The molecule has 0 aliphatic heterocycles. The fourth-order valence-corrected chi connectivity index (χ4v) is 2.50. The summed E-state index contributed by atoms with van der Waals surface area (Å²) in [5.74, 6) is 1.37. The average molecular weight is 218 g/mol. The van der Waals surface area contributed by atoms with Gasteiger partial charge in [-0.3, -0.25) is 4.21 Å². The fourth-order valence-electron chi connectivity index (χ4n) is 1.93. The molecule has 1 rings (SSSR count). The minimum Gasteiger partial charge on any atom is -0.330 e. The second kappa shape index (κ2) is 5.12. The van der Waals surface area contributed by atoms with Gasteiger partial charge in [-0.1, -0.05) is 0 Å². The van der Waals surface area contributed by atoms with Gasteiger partial charge in [-0.05, 0) is 44.1 Å². The third-order valence-corrected chi connectivity index (χ3v) is 3.71. The summed E-state index contributed by atoms with van der Waals surface area (Å²) in [7, 11) is -1.89. The lowest BCUT2D eigenvalue weighted by molar-refractivity contribution is 0.286. The van der Waals surface area contributed by atoms with Crippen molar-refractivity contribution in [1.29, 1.82) is 0 Å². The summed E-state index contributed by atoms with van der Waals surface area (Å²) in [4.78, 5) is 0. The molecule has 0 amide bonds. The minimum atomic E-state index is -1.89. The summed E-state index contributed by atoms with van der Waals surface area (Å²) < 4.78 is 15.6. The smallest absolute Gasteiger partial charge is 0.0512 e. The standard InChI is InChI=1S/C10H22N2OS/c1-14(2,13)12-8-10-5-3-9(7-11)4-6-10/h9-10H,3-8,11H2,1-2H3. The number of nitrogens with zero attached hydrogens (tertiary/aromatic N) is 1. The Labute approximate surface area is 87.6 Å². The third-order valence-electron chi connectivity index (χ3n) is 2.94. The zero-order valence-corrected chi connectivity index (χ0v) is 10.1. The van der Waals surface area contributed by atoms with Gasteiger partial charge < -0.3 is 5.73 Å². The predicted molar refractivity (Wildman–Crippen MR) is 61.8 cm³/mol. The minimum absolute atomic E-state index is 0.651. The summed E-state index contributed by atoms with van der Waals surface area (Å²) in [6, 6.07) is 0. The van der Waals surface area contributed by atoms with Gasteiger partial charge in [0.25, 0.3) is 0 Å². The molecule has 0 heterocycles. The predicted octanol–water partition coefficient (Wildman–Crippen LogP) is 1.48. The van der Waals surface area contributed by atoms with Gasteiger partial charge in [-0.15, -0.1) is 0 Å². The SMILES string of the molecule is CS(C)(=O)=NCC1CCC(CN)CC1. The Morgan fingerprint density at radius 1 is 1.21 bits per heavy atom. The van der Waals surface area contributed by atoms with E-state index in [0.717, 1.165) is 19.0 Å².